The molecule has 2 aliphatic heterocycles. The summed E-state index contributed by atoms with van der Waals surface area (Å²) in [7, 11) is 0. The lowest BCUT2D eigenvalue weighted by molar-refractivity contribution is 0.108. The minimum Gasteiger partial charge on any atom is -0.475 e. The first-order chi connectivity index (χ1) is 14.8. The molecule has 0 saturated carbocycles. The summed E-state index contributed by atoms with van der Waals surface area (Å²) in [5, 5.41) is 9.06. The number of piperazine rings is 1. The fraction of sp³-hybridized carbons (Fsp3) is 0.375. The summed E-state index contributed by atoms with van der Waals surface area (Å²) >= 11 is 0. The Labute approximate surface area is 178 Å². The zero-order chi connectivity index (χ0) is 20.6. The lowest BCUT2D eigenvalue weighted by atomic mass is 10.2. The van der Waals surface area contributed by atoms with Gasteiger partial charge in [0.05, 0.1) is 13.2 Å². The van der Waals surface area contributed by atoms with E-state index in [2.05, 4.69) is 9.80 Å². The third-order valence-electron chi connectivity index (χ3n) is 5.35. The van der Waals surface area contributed by atoms with Gasteiger partial charge in [-0.15, -0.1) is 0 Å². The van der Waals surface area contributed by atoms with Crippen molar-refractivity contribution >= 4 is 17.7 Å². The van der Waals surface area contributed by atoms with Crippen LogP contribution in [0.2, 0.25) is 0 Å². The fourth-order valence-electron chi connectivity index (χ4n) is 3.69. The van der Waals surface area contributed by atoms with E-state index in [0.717, 1.165) is 62.7 Å². The van der Waals surface area contributed by atoms with Crippen LogP contribution in [-0.4, -0.2) is 73.3 Å². The molecule has 2 heterocycles. The molecule has 2 aromatic carbocycles. The van der Waals surface area contributed by atoms with Crippen molar-refractivity contribution in [3.8, 4) is 5.75 Å². The van der Waals surface area contributed by atoms with Gasteiger partial charge in [-0.05, 0) is 30.2 Å². The quantitative estimate of drug-likeness (QED) is 0.715. The summed E-state index contributed by atoms with van der Waals surface area (Å²) in [6.45, 7) is 6.70. The van der Waals surface area contributed by atoms with Gasteiger partial charge in [-0.25, -0.2) is 4.99 Å². The van der Waals surface area contributed by atoms with Crippen molar-refractivity contribution in [1.29, 1.82) is 0 Å². The molecule has 158 valence electrons. The summed E-state index contributed by atoms with van der Waals surface area (Å²) in [6, 6.07) is 17.8. The number of benzene rings is 2. The van der Waals surface area contributed by atoms with E-state index >= 15 is 0 Å². The van der Waals surface area contributed by atoms with Crippen molar-refractivity contribution in [3.63, 3.8) is 0 Å². The molecule has 0 unspecified atom stereocenters. The minimum absolute atomic E-state index is 0.236. The molecule has 6 nitrogen and oxygen atoms in total. The lowest BCUT2D eigenvalue weighted by Crippen LogP contribution is -2.47. The minimum atomic E-state index is 0.236. The van der Waals surface area contributed by atoms with Crippen LogP contribution in [0.25, 0.3) is 6.08 Å². The molecule has 1 saturated heterocycles. The normalized spacial score (nSPS) is 18.6. The Kier molecular flexibility index (Phi) is 7.13. The van der Waals surface area contributed by atoms with Crippen LogP contribution in [0.15, 0.2) is 65.3 Å². The number of ether oxygens (including phenoxy) is 2. The largest absolute Gasteiger partial charge is 0.475 e. The molecule has 1 fully saturated rings. The van der Waals surface area contributed by atoms with Crippen LogP contribution in [0.1, 0.15) is 12.0 Å². The topological polar surface area (TPSA) is 57.5 Å². The first kappa shape index (κ1) is 20.6. The van der Waals surface area contributed by atoms with E-state index in [0.29, 0.717) is 18.3 Å². The van der Waals surface area contributed by atoms with E-state index in [9.17, 15) is 0 Å². The standard InChI is InChI=1S/C24H29N3O3/c28-17-16-27-14-12-26(13-15-27)11-6-18-29-24-23(19-20-7-2-1-3-8-20)30-22-10-5-4-9-21(22)25-24/h1-5,7-10,19,28H,6,11-18H2/b23-19+. The fourth-order valence-corrected chi connectivity index (χ4v) is 3.69. The average molecular weight is 408 g/mol. The first-order valence-corrected chi connectivity index (χ1v) is 10.6. The molecule has 1 N–H and O–H groups in total. The zero-order valence-electron chi connectivity index (χ0n) is 17.2. The highest BCUT2D eigenvalue weighted by Gasteiger charge is 2.21. The van der Waals surface area contributed by atoms with Crippen molar-refractivity contribution < 1.29 is 14.6 Å². The summed E-state index contributed by atoms with van der Waals surface area (Å²) in [6.07, 6.45) is 2.90. The van der Waals surface area contributed by atoms with Gasteiger partial charge in [-0.3, -0.25) is 4.90 Å². The predicted octanol–water partition coefficient (Wildman–Crippen LogP) is 3.17. The third-order valence-corrected chi connectivity index (χ3v) is 5.35. The Hall–Kier alpha value is -2.67. The van der Waals surface area contributed by atoms with Gasteiger partial charge < -0.3 is 19.5 Å². The summed E-state index contributed by atoms with van der Waals surface area (Å²) in [5.41, 5.74) is 1.83. The molecule has 6 heteroatoms. The van der Waals surface area contributed by atoms with E-state index in [1.54, 1.807) is 0 Å². The second-order valence-corrected chi connectivity index (χ2v) is 7.51. The Morgan fingerprint density at radius 2 is 1.63 bits per heavy atom. The Morgan fingerprint density at radius 3 is 2.40 bits per heavy atom. The van der Waals surface area contributed by atoms with Gasteiger partial charge >= 0.3 is 0 Å². The summed E-state index contributed by atoms with van der Waals surface area (Å²) in [5.74, 6) is 1.91. The Balaban J connectivity index is 1.35. The number of para-hydroxylation sites is 2. The Morgan fingerprint density at radius 1 is 0.933 bits per heavy atom. The highest BCUT2D eigenvalue weighted by Crippen LogP contribution is 2.34. The lowest BCUT2D eigenvalue weighted by Gasteiger charge is -2.34. The number of rotatable bonds is 7. The summed E-state index contributed by atoms with van der Waals surface area (Å²) < 4.78 is 12.2. The Bertz CT molecular complexity index is 874. The van der Waals surface area contributed by atoms with E-state index < -0.39 is 0 Å². The van der Waals surface area contributed by atoms with Crippen LogP contribution in [0.5, 0.6) is 5.75 Å². The van der Waals surface area contributed by atoms with E-state index in [1.165, 1.54) is 0 Å². The molecule has 2 aromatic rings. The number of fused-ring (bicyclic) bond motifs is 1. The van der Waals surface area contributed by atoms with E-state index in [-0.39, 0.29) is 6.61 Å². The van der Waals surface area contributed by atoms with Gasteiger partial charge in [-0.2, -0.15) is 0 Å². The highest BCUT2D eigenvalue weighted by molar-refractivity contribution is 5.99. The number of hydrogen-bond acceptors (Lipinski definition) is 6. The van der Waals surface area contributed by atoms with Crippen LogP contribution in [0, 0.1) is 0 Å². The maximum atomic E-state index is 9.06. The first-order valence-electron chi connectivity index (χ1n) is 10.6. The molecular formula is C24H29N3O3. The number of nitrogens with zero attached hydrogens (tertiary/aromatic N) is 3. The van der Waals surface area contributed by atoms with Crippen molar-refractivity contribution in [3.05, 3.63) is 65.9 Å². The van der Waals surface area contributed by atoms with E-state index in [1.807, 2.05) is 60.7 Å². The zero-order valence-corrected chi connectivity index (χ0v) is 17.2. The van der Waals surface area contributed by atoms with E-state index in [4.69, 9.17) is 19.6 Å². The van der Waals surface area contributed by atoms with Crippen LogP contribution in [0.4, 0.5) is 5.69 Å². The van der Waals surface area contributed by atoms with Gasteiger partial charge in [0.2, 0.25) is 0 Å². The SMILES string of the molecule is OCCN1CCN(CCCOC2=Nc3ccccc3O/C2=C/c2ccccc2)CC1. The van der Waals surface area contributed by atoms with Crippen molar-refractivity contribution in [1.82, 2.24) is 9.80 Å². The maximum absolute atomic E-state index is 9.06. The molecule has 0 bridgehead atoms. The van der Waals surface area contributed by atoms with Crippen molar-refractivity contribution in [2.24, 2.45) is 4.99 Å². The molecule has 0 amide bonds. The van der Waals surface area contributed by atoms with Gasteiger partial charge in [0.25, 0.3) is 5.90 Å². The molecule has 2 aliphatic rings. The van der Waals surface area contributed by atoms with Crippen LogP contribution in [0.3, 0.4) is 0 Å². The predicted molar refractivity (Wildman–Crippen MR) is 119 cm³/mol. The maximum Gasteiger partial charge on any atom is 0.258 e. The molecular weight excluding hydrogens is 378 g/mol. The second kappa shape index (κ2) is 10.4. The number of hydrogen-bond donors (Lipinski definition) is 1. The summed E-state index contributed by atoms with van der Waals surface area (Å²) in [4.78, 5) is 9.45. The second-order valence-electron chi connectivity index (χ2n) is 7.51. The van der Waals surface area contributed by atoms with Crippen LogP contribution >= 0.6 is 0 Å². The van der Waals surface area contributed by atoms with Crippen molar-refractivity contribution in [2.45, 2.75) is 6.42 Å². The van der Waals surface area contributed by atoms with Crippen LogP contribution < -0.4 is 4.74 Å². The smallest absolute Gasteiger partial charge is 0.258 e. The van der Waals surface area contributed by atoms with Crippen LogP contribution in [-0.2, 0) is 4.74 Å². The molecule has 0 radical (unpaired) electrons. The number of aliphatic hydroxyl groups is 1. The monoisotopic (exact) mass is 407 g/mol. The molecule has 0 aliphatic carbocycles. The molecule has 30 heavy (non-hydrogen) atoms. The number of aliphatic imine (C=N–C) groups is 1. The van der Waals surface area contributed by atoms with Crippen molar-refractivity contribution in [2.75, 3.05) is 52.5 Å². The van der Waals surface area contributed by atoms with Gasteiger partial charge in [-0.1, -0.05) is 42.5 Å². The third kappa shape index (κ3) is 5.48. The average Bonchev–Trinajstić information content (AvgIpc) is 2.79. The number of aliphatic hydroxyl groups excluding tert-OH is 1. The molecule has 4 rings (SSSR count). The molecule has 0 aromatic heterocycles. The van der Waals surface area contributed by atoms with Gasteiger partial charge in [0.15, 0.2) is 11.5 Å². The number of β-amino-alcohol motifs (C(OH)–C–C–N with tert-alkyl or cyclic N) is 1. The van der Waals surface area contributed by atoms with Gasteiger partial charge in [0.1, 0.15) is 5.69 Å². The van der Waals surface area contributed by atoms with Gasteiger partial charge in [0, 0.05) is 39.3 Å². The molecule has 0 atom stereocenters. The highest BCUT2D eigenvalue weighted by atomic mass is 16.5. The molecule has 0 spiro atoms.